The monoisotopic (exact) mass is 407 g/mol. The van der Waals surface area contributed by atoms with Crippen molar-refractivity contribution in [2.45, 2.75) is 11.5 Å². The minimum Gasteiger partial charge on any atom is -0.467 e. The molecule has 2 aliphatic rings. The number of hydrogen-bond acceptors (Lipinski definition) is 4. The van der Waals surface area contributed by atoms with Gasteiger partial charge in [0.1, 0.15) is 0 Å². The van der Waals surface area contributed by atoms with Crippen LogP contribution in [0.25, 0.3) is 11.6 Å². The van der Waals surface area contributed by atoms with Gasteiger partial charge >= 0.3 is 5.97 Å². The molecule has 0 spiro atoms. The molecule has 0 fully saturated rings. The van der Waals surface area contributed by atoms with E-state index in [0.717, 1.165) is 22.3 Å². The maximum atomic E-state index is 13.4. The molecule has 0 radical (unpaired) electrons. The van der Waals surface area contributed by atoms with Gasteiger partial charge in [-0.25, -0.2) is 4.79 Å². The number of ether oxygens (including phenoxy) is 1. The molecular weight excluding hydrogens is 386 g/mol. The minimum absolute atomic E-state index is 0.0976. The molecule has 0 saturated carbocycles. The van der Waals surface area contributed by atoms with Gasteiger partial charge in [-0.15, -0.1) is 0 Å². The lowest BCUT2D eigenvalue weighted by Gasteiger charge is -2.30. The fourth-order valence-corrected chi connectivity index (χ4v) is 4.74. The Morgan fingerprint density at radius 1 is 0.903 bits per heavy atom. The molecule has 0 saturated heterocycles. The third-order valence-electron chi connectivity index (χ3n) is 6.10. The van der Waals surface area contributed by atoms with E-state index in [1.807, 2.05) is 78.9 Å². The summed E-state index contributed by atoms with van der Waals surface area (Å²) in [6.07, 6.45) is 3.69. The number of esters is 1. The topological polar surface area (TPSA) is 55.4 Å². The van der Waals surface area contributed by atoms with Gasteiger partial charge in [-0.05, 0) is 28.3 Å². The first-order valence-corrected chi connectivity index (χ1v) is 10.2. The van der Waals surface area contributed by atoms with Crippen LogP contribution in [-0.4, -0.2) is 24.4 Å². The van der Waals surface area contributed by atoms with Gasteiger partial charge in [0.15, 0.2) is 11.3 Å². The Balaban J connectivity index is 1.71. The van der Waals surface area contributed by atoms with Crippen molar-refractivity contribution >= 4 is 23.4 Å². The maximum Gasteiger partial charge on any atom is 0.337 e. The van der Waals surface area contributed by atoms with Crippen molar-refractivity contribution in [2.24, 2.45) is 0 Å². The fraction of sp³-hybridized carbons (Fsp3) is 0.111. The largest absolute Gasteiger partial charge is 0.467 e. The first-order chi connectivity index (χ1) is 15.2. The summed E-state index contributed by atoms with van der Waals surface area (Å²) in [5, 5.41) is 3.28. The minimum atomic E-state index is -1.19. The van der Waals surface area contributed by atoms with E-state index >= 15 is 0 Å². The number of ketones is 1. The van der Waals surface area contributed by atoms with E-state index in [2.05, 4.69) is 5.32 Å². The Morgan fingerprint density at radius 3 is 2.26 bits per heavy atom. The Labute approximate surface area is 180 Å². The first kappa shape index (κ1) is 19.1. The number of benzene rings is 3. The van der Waals surface area contributed by atoms with Crippen LogP contribution >= 0.6 is 0 Å². The molecule has 4 nitrogen and oxygen atoms in total. The highest BCUT2D eigenvalue weighted by Gasteiger charge is 2.60. The number of Topliss-reactive ketones (excluding diaryl/α,β-unsaturated/α-hetero) is 1. The first-order valence-electron chi connectivity index (χ1n) is 10.2. The second-order valence-corrected chi connectivity index (χ2v) is 7.73. The van der Waals surface area contributed by atoms with E-state index in [0.29, 0.717) is 11.1 Å². The Morgan fingerprint density at radius 2 is 1.55 bits per heavy atom. The molecule has 4 heteroatoms. The van der Waals surface area contributed by atoms with Gasteiger partial charge in [0.05, 0.1) is 13.0 Å². The molecule has 5 rings (SSSR count). The van der Waals surface area contributed by atoms with Gasteiger partial charge in [-0.1, -0.05) is 84.9 Å². The van der Waals surface area contributed by atoms with Gasteiger partial charge < -0.3 is 10.1 Å². The van der Waals surface area contributed by atoms with Crippen molar-refractivity contribution in [1.29, 1.82) is 0 Å². The summed E-state index contributed by atoms with van der Waals surface area (Å²) in [5.74, 6) is -0.985. The van der Waals surface area contributed by atoms with Crippen molar-refractivity contribution in [1.82, 2.24) is 5.32 Å². The number of carbonyl (C=O) groups excluding carboxylic acids is 2. The van der Waals surface area contributed by atoms with E-state index in [1.165, 1.54) is 7.11 Å². The highest BCUT2D eigenvalue weighted by atomic mass is 16.5. The smallest absolute Gasteiger partial charge is 0.337 e. The third-order valence-corrected chi connectivity index (χ3v) is 6.10. The molecular formula is C27H21NO3. The number of nitrogens with one attached hydrogen (secondary N) is 1. The molecule has 1 heterocycles. The molecule has 0 bridgehead atoms. The van der Waals surface area contributed by atoms with Crippen LogP contribution in [0.15, 0.2) is 96.7 Å². The molecule has 152 valence electrons. The summed E-state index contributed by atoms with van der Waals surface area (Å²) in [4.78, 5) is 26.8. The average Bonchev–Trinajstić information content (AvgIpc) is 3.35. The fourth-order valence-electron chi connectivity index (χ4n) is 4.74. The van der Waals surface area contributed by atoms with Crippen molar-refractivity contribution in [2.75, 3.05) is 7.11 Å². The number of rotatable bonds is 4. The van der Waals surface area contributed by atoms with Crippen molar-refractivity contribution in [3.8, 4) is 0 Å². The molecule has 2 atom stereocenters. The molecule has 0 amide bonds. The third kappa shape index (κ3) is 2.83. The van der Waals surface area contributed by atoms with E-state index in [-0.39, 0.29) is 5.78 Å². The lowest BCUT2D eigenvalue weighted by molar-refractivity contribution is -0.145. The predicted molar refractivity (Wildman–Crippen MR) is 120 cm³/mol. The molecule has 3 aromatic carbocycles. The normalized spacial score (nSPS) is 22.3. The zero-order valence-electron chi connectivity index (χ0n) is 17.0. The highest BCUT2D eigenvalue weighted by Crippen LogP contribution is 2.56. The van der Waals surface area contributed by atoms with Gasteiger partial charge in [0.2, 0.25) is 0 Å². The molecule has 3 aromatic rings. The van der Waals surface area contributed by atoms with Crippen LogP contribution in [0.2, 0.25) is 0 Å². The highest BCUT2D eigenvalue weighted by molar-refractivity contribution is 6.16. The molecule has 31 heavy (non-hydrogen) atoms. The zero-order chi connectivity index (χ0) is 21.4. The van der Waals surface area contributed by atoms with Crippen molar-refractivity contribution in [3.05, 3.63) is 119 Å². The van der Waals surface area contributed by atoms with Gasteiger partial charge in [-0.2, -0.15) is 0 Å². The van der Waals surface area contributed by atoms with Crippen LogP contribution in [0.4, 0.5) is 0 Å². The van der Waals surface area contributed by atoms with Gasteiger partial charge in [-0.3, -0.25) is 4.79 Å². The van der Waals surface area contributed by atoms with Crippen molar-refractivity contribution < 1.29 is 14.3 Å². The molecule has 1 N–H and O–H groups in total. The van der Waals surface area contributed by atoms with Crippen LogP contribution in [0, 0.1) is 0 Å². The molecule has 1 aliphatic carbocycles. The number of hydrogen-bond donors (Lipinski definition) is 1. The predicted octanol–water partition coefficient (Wildman–Crippen LogP) is 4.61. The SMILES string of the molecule is COC(=O)C12NC=C(C(=O)c3ccccc3)C1c1ccccc1/C2=C/c1ccccc1. The summed E-state index contributed by atoms with van der Waals surface area (Å²) in [6, 6.07) is 26.9. The van der Waals surface area contributed by atoms with E-state index in [1.54, 1.807) is 18.3 Å². The lowest BCUT2D eigenvalue weighted by Crippen LogP contribution is -2.50. The summed E-state index contributed by atoms with van der Waals surface area (Å²) >= 11 is 0. The number of carbonyl (C=O) groups is 2. The quantitative estimate of drug-likeness (QED) is 0.507. The Hall–Kier alpha value is -3.92. The van der Waals surface area contributed by atoms with Crippen LogP contribution in [0.5, 0.6) is 0 Å². The van der Waals surface area contributed by atoms with E-state index in [9.17, 15) is 9.59 Å². The second kappa shape index (κ2) is 7.40. The molecule has 0 aromatic heterocycles. The summed E-state index contributed by atoms with van der Waals surface area (Å²) in [5.41, 5.74) is 3.62. The van der Waals surface area contributed by atoms with E-state index < -0.39 is 17.4 Å². The number of methoxy groups -OCH3 is 1. The second-order valence-electron chi connectivity index (χ2n) is 7.73. The van der Waals surface area contributed by atoms with E-state index in [4.69, 9.17) is 4.74 Å². The summed E-state index contributed by atoms with van der Waals surface area (Å²) in [6.45, 7) is 0. The average molecular weight is 407 g/mol. The van der Waals surface area contributed by atoms with Gasteiger partial charge in [0.25, 0.3) is 0 Å². The standard InChI is InChI=1S/C27H21NO3/c1-31-26(30)27-23(16-18-10-4-2-5-11-18)20-14-8-9-15-21(20)24(27)22(17-28-27)25(29)19-12-6-3-7-13-19/h2-17,24,28H,1H3/b23-16-. The Bertz CT molecular complexity index is 1230. The van der Waals surface area contributed by atoms with Crippen LogP contribution < -0.4 is 5.32 Å². The van der Waals surface area contributed by atoms with Crippen LogP contribution in [0.1, 0.15) is 33.0 Å². The van der Waals surface area contributed by atoms with Crippen LogP contribution in [0.3, 0.4) is 0 Å². The molecule has 2 unspecified atom stereocenters. The van der Waals surface area contributed by atoms with Gasteiger partial charge in [0, 0.05) is 17.3 Å². The maximum absolute atomic E-state index is 13.4. The summed E-state index contributed by atoms with van der Waals surface area (Å²) in [7, 11) is 1.38. The Kier molecular flexibility index (Phi) is 4.55. The summed E-state index contributed by atoms with van der Waals surface area (Å²) < 4.78 is 5.28. The van der Waals surface area contributed by atoms with Crippen molar-refractivity contribution in [3.63, 3.8) is 0 Å². The molecule has 1 aliphatic heterocycles. The zero-order valence-corrected chi connectivity index (χ0v) is 17.0. The number of fused-ring (bicyclic) bond motifs is 3. The lowest BCUT2D eigenvalue weighted by atomic mass is 9.78. The van der Waals surface area contributed by atoms with Crippen LogP contribution in [-0.2, 0) is 9.53 Å².